The molecule has 0 radical (unpaired) electrons. The maximum Gasteiger partial charge on any atom is 0.0406 e. The zero-order valence-corrected chi connectivity index (χ0v) is 15.0. The monoisotopic (exact) mass is 342 g/mol. The molecule has 0 fully saturated rings. The molecule has 122 valence electrons. The van der Waals surface area contributed by atoms with Crippen molar-refractivity contribution in [2.45, 2.75) is 26.2 Å². The third-order valence-electron chi connectivity index (χ3n) is 4.83. The van der Waals surface area contributed by atoms with E-state index in [0.29, 0.717) is 0 Å². The predicted molar refractivity (Wildman–Crippen MR) is 106 cm³/mol. The molecule has 0 amide bonds. The highest BCUT2D eigenvalue weighted by molar-refractivity contribution is 6.30. The minimum absolute atomic E-state index is 0.740. The minimum Gasteiger partial charge on any atom is -0.0843 e. The van der Waals surface area contributed by atoms with E-state index in [4.69, 9.17) is 11.6 Å². The van der Waals surface area contributed by atoms with Crippen molar-refractivity contribution in [3.63, 3.8) is 0 Å². The summed E-state index contributed by atoms with van der Waals surface area (Å²) in [6.45, 7) is 2.21. The molecule has 1 aliphatic carbocycles. The normalized spacial score (nSPS) is 11.9. The molecule has 1 heteroatoms. The Kier molecular flexibility index (Phi) is 4.35. The molecule has 0 N–H and O–H groups in total. The highest BCUT2D eigenvalue weighted by Gasteiger charge is 2.16. The van der Waals surface area contributed by atoms with E-state index in [-0.39, 0.29) is 0 Å². The Morgan fingerprint density at radius 3 is 2.08 bits per heavy atom. The van der Waals surface area contributed by atoms with Gasteiger partial charge in [0.25, 0.3) is 0 Å². The van der Waals surface area contributed by atoms with E-state index in [1.54, 1.807) is 0 Å². The zero-order valence-electron chi connectivity index (χ0n) is 14.3. The fourth-order valence-electron chi connectivity index (χ4n) is 3.42. The molecule has 0 atom stereocenters. The predicted octanol–water partition coefficient (Wildman–Crippen LogP) is 6.07. The summed E-state index contributed by atoms with van der Waals surface area (Å²) in [5.41, 5.74) is 9.11. The molecule has 0 aliphatic heterocycles. The van der Waals surface area contributed by atoms with Gasteiger partial charge in [-0.3, -0.25) is 0 Å². The fourth-order valence-corrected chi connectivity index (χ4v) is 3.55. The second kappa shape index (κ2) is 6.79. The average Bonchev–Trinajstić information content (AvgIpc) is 2.66. The lowest BCUT2D eigenvalue weighted by molar-refractivity contribution is 0.935. The second-order valence-electron chi connectivity index (χ2n) is 6.47. The van der Waals surface area contributed by atoms with Gasteiger partial charge in [0.2, 0.25) is 0 Å². The van der Waals surface area contributed by atoms with Gasteiger partial charge in [0.1, 0.15) is 0 Å². The van der Waals surface area contributed by atoms with Crippen LogP contribution < -0.4 is 0 Å². The van der Waals surface area contributed by atoms with Gasteiger partial charge in [-0.15, -0.1) is 0 Å². The van der Waals surface area contributed by atoms with Gasteiger partial charge in [-0.1, -0.05) is 54.6 Å². The molecule has 4 rings (SSSR count). The van der Waals surface area contributed by atoms with Gasteiger partial charge in [0, 0.05) is 16.1 Å². The van der Waals surface area contributed by atoms with Crippen molar-refractivity contribution in [2.24, 2.45) is 0 Å². The lowest BCUT2D eigenvalue weighted by Gasteiger charge is -2.20. The average molecular weight is 343 g/mol. The Morgan fingerprint density at radius 1 is 0.760 bits per heavy atom. The maximum atomic E-state index is 5.92. The first kappa shape index (κ1) is 16.0. The van der Waals surface area contributed by atoms with Gasteiger partial charge in [-0.05, 0) is 83.5 Å². The van der Waals surface area contributed by atoms with Crippen molar-refractivity contribution in [3.05, 3.63) is 93.5 Å². The standard InChI is InChI=1S/C24H19Cl/c1-2-17-7-13-23-20(15-17)9-10-21-16-19(8-14-24(21)23)4-3-18-5-11-22(25)12-6-18/h5-8,11-16H,2,9-10H2,1H3. The van der Waals surface area contributed by atoms with E-state index >= 15 is 0 Å². The first-order valence-electron chi connectivity index (χ1n) is 8.75. The molecule has 0 saturated carbocycles. The summed E-state index contributed by atoms with van der Waals surface area (Å²) in [6, 6.07) is 21.2. The Balaban J connectivity index is 1.66. The van der Waals surface area contributed by atoms with Crippen LogP contribution in [0.25, 0.3) is 11.1 Å². The van der Waals surface area contributed by atoms with Crippen molar-refractivity contribution < 1.29 is 0 Å². The molecule has 0 unspecified atom stereocenters. The van der Waals surface area contributed by atoms with Crippen LogP contribution in [0.1, 0.15) is 34.7 Å². The molecule has 3 aromatic carbocycles. The van der Waals surface area contributed by atoms with E-state index in [9.17, 15) is 0 Å². The zero-order chi connectivity index (χ0) is 17.2. The van der Waals surface area contributed by atoms with Crippen LogP contribution in [0.15, 0.2) is 60.7 Å². The van der Waals surface area contributed by atoms with Crippen LogP contribution in [-0.2, 0) is 19.3 Å². The molecule has 3 aromatic rings. The first-order valence-corrected chi connectivity index (χ1v) is 9.13. The minimum atomic E-state index is 0.740. The summed E-state index contributed by atoms with van der Waals surface area (Å²) >= 11 is 5.92. The Hall–Kier alpha value is -2.49. The van der Waals surface area contributed by atoms with E-state index < -0.39 is 0 Å². The van der Waals surface area contributed by atoms with Crippen LogP contribution >= 0.6 is 11.6 Å². The van der Waals surface area contributed by atoms with Gasteiger partial charge in [-0.25, -0.2) is 0 Å². The second-order valence-corrected chi connectivity index (χ2v) is 6.91. The van der Waals surface area contributed by atoms with Crippen LogP contribution in [-0.4, -0.2) is 0 Å². The fraction of sp³-hybridized carbons (Fsp3) is 0.167. The molecule has 0 spiro atoms. The van der Waals surface area contributed by atoms with Crippen LogP contribution in [0.3, 0.4) is 0 Å². The largest absolute Gasteiger partial charge is 0.0843 e. The summed E-state index contributed by atoms with van der Waals surface area (Å²) in [5, 5.41) is 0.740. The summed E-state index contributed by atoms with van der Waals surface area (Å²) in [6.07, 6.45) is 3.30. The van der Waals surface area contributed by atoms with Crippen molar-refractivity contribution in [3.8, 4) is 23.0 Å². The number of rotatable bonds is 1. The summed E-state index contributed by atoms with van der Waals surface area (Å²) in [5.74, 6) is 6.50. The molecule has 25 heavy (non-hydrogen) atoms. The number of aryl methyl sites for hydroxylation is 3. The van der Waals surface area contributed by atoms with Crippen LogP contribution in [0.5, 0.6) is 0 Å². The number of halogens is 1. The van der Waals surface area contributed by atoms with Crippen molar-refractivity contribution in [1.82, 2.24) is 0 Å². The molecular formula is C24H19Cl. The molecule has 0 nitrogen and oxygen atoms in total. The molecule has 0 aromatic heterocycles. The van der Waals surface area contributed by atoms with Gasteiger partial charge in [-0.2, -0.15) is 0 Å². The lowest BCUT2D eigenvalue weighted by atomic mass is 9.84. The number of benzene rings is 3. The number of hydrogen-bond donors (Lipinski definition) is 0. The van der Waals surface area contributed by atoms with Gasteiger partial charge in [0.15, 0.2) is 0 Å². The lowest BCUT2D eigenvalue weighted by Crippen LogP contribution is -2.05. The van der Waals surface area contributed by atoms with Crippen molar-refractivity contribution in [1.29, 1.82) is 0 Å². The quantitative estimate of drug-likeness (QED) is 0.471. The van der Waals surface area contributed by atoms with E-state index in [0.717, 1.165) is 35.4 Å². The highest BCUT2D eigenvalue weighted by atomic mass is 35.5. The SMILES string of the molecule is CCc1ccc2c(c1)CCc1cc(C#Cc3ccc(Cl)cc3)ccc1-2. The molecule has 0 heterocycles. The Morgan fingerprint density at radius 2 is 1.36 bits per heavy atom. The number of fused-ring (bicyclic) bond motifs is 3. The van der Waals surface area contributed by atoms with Gasteiger partial charge < -0.3 is 0 Å². The Labute approximate surface area is 154 Å². The van der Waals surface area contributed by atoms with Crippen molar-refractivity contribution in [2.75, 3.05) is 0 Å². The van der Waals surface area contributed by atoms with E-state index in [1.807, 2.05) is 24.3 Å². The third-order valence-corrected chi connectivity index (χ3v) is 5.08. The number of hydrogen-bond acceptors (Lipinski definition) is 0. The summed E-state index contributed by atoms with van der Waals surface area (Å²) in [7, 11) is 0. The summed E-state index contributed by atoms with van der Waals surface area (Å²) in [4.78, 5) is 0. The summed E-state index contributed by atoms with van der Waals surface area (Å²) < 4.78 is 0. The molecule has 1 aliphatic rings. The topological polar surface area (TPSA) is 0 Å². The maximum absolute atomic E-state index is 5.92. The van der Waals surface area contributed by atoms with Crippen LogP contribution in [0.2, 0.25) is 5.02 Å². The van der Waals surface area contributed by atoms with Crippen LogP contribution in [0, 0.1) is 11.8 Å². The van der Waals surface area contributed by atoms with Gasteiger partial charge >= 0.3 is 0 Å². The smallest absolute Gasteiger partial charge is 0.0406 e. The third kappa shape index (κ3) is 3.34. The van der Waals surface area contributed by atoms with E-state index in [2.05, 4.69) is 55.2 Å². The van der Waals surface area contributed by atoms with Gasteiger partial charge in [0.05, 0.1) is 0 Å². The highest BCUT2D eigenvalue weighted by Crippen LogP contribution is 2.34. The molecule has 0 saturated heterocycles. The first-order chi connectivity index (χ1) is 12.2. The Bertz CT molecular complexity index is 985. The molecule has 0 bridgehead atoms. The van der Waals surface area contributed by atoms with E-state index in [1.165, 1.54) is 27.8 Å². The molecular weight excluding hydrogens is 324 g/mol. The van der Waals surface area contributed by atoms with Crippen LogP contribution in [0.4, 0.5) is 0 Å². The van der Waals surface area contributed by atoms with Crippen molar-refractivity contribution >= 4 is 11.6 Å².